The summed E-state index contributed by atoms with van der Waals surface area (Å²) in [6.45, 7) is 9.22. The Morgan fingerprint density at radius 3 is 2.32 bits per heavy atom. The number of carbonyl (C=O) groups is 1. The Kier molecular flexibility index (Phi) is 6.55. The number of carboxylic acids is 1. The van der Waals surface area contributed by atoms with Crippen molar-refractivity contribution in [3.8, 4) is 0 Å². The molecule has 0 aromatic rings. The Bertz CT molecular complexity index is 664. The predicted octanol–water partition coefficient (Wildman–Crippen LogP) is 5.50. The third-order valence-electron chi connectivity index (χ3n) is 11.1. The summed E-state index contributed by atoms with van der Waals surface area (Å²) in [5, 5.41) is 30.8. The van der Waals surface area contributed by atoms with Crippen LogP contribution in [-0.2, 0) is 4.79 Å². The van der Waals surface area contributed by atoms with Gasteiger partial charge in [0.15, 0.2) is 0 Å². The summed E-state index contributed by atoms with van der Waals surface area (Å²) in [7, 11) is 0. The number of aliphatic hydroxyl groups excluding tert-OH is 2. The molecule has 4 nitrogen and oxygen atoms in total. The van der Waals surface area contributed by atoms with Crippen LogP contribution in [0.1, 0.15) is 98.3 Å². The van der Waals surface area contributed by atoms with E-state index in [0.717, 1.165) is 44.9 Å². The highest BCUT2D eigenvalue weighted by Gasteiger charge is 2.62. The fourth-order valence-corrected chi connectivity index (χ4v) is 9.25. The van der Waals surface area contributed by atoms with Crippen molar-refractivity contribution in [3.05, 3.63) is 0 Å². The molecule has 0 aromatic heterocycles. The summed E-state index contributed by atoms with van der Waals surface area (Å²) >= 11 is 0. The Morgan fingerprint density at radius 1 is 0.935 bits per heavy atom. The molecule has 0 saturated heterocycles. The van der Waals surface area contributed by atoms with Gasteiger partial charge in [-0.05, 0) is 104 Å². The van der Waals surface area contributed by atoms with E-state index in [1.165, 1.54) is 25.7 Å². The third kappa shape index (κ3) is 3.98. The molecule has 11 atom stereocenters. The second-order valence-electron chi connectivity index (χ2n) is 12.6. The minimum Gasteiger partial charge on any atom is -0.481 e. The molecule has 3 unspecified atom stereocenters. The number of hydrogen-bond donors (Lipinski definition) is 3. The molecule has 0 aromatic carbocycles. The lowest BCUT2D eigenvalue weighted by Crippen LogP contribution is -2.58. The number of aliphatic hydroxyl groups is 2. The number of aliphatic carboxylic acids is 1. The molecule has 0 spiro atoms. The molecule has 178 valence electrons. The first-order valence-corrected chi connectivity index (χ1v) is 13.2. The van der Waals surface area contributed by atoms with Crippen LogP contribution in [0.2, 0.25) is 0 Å². The average molecular weight is 435 g/mol. The molecule has 0 aliphatic heterocycles. The topological polar surface area (TPSA) is 77.8 Å². The van der Waals surface area contributed by atoms with Crippen molar-refractivity contribution in [2.75, 3.05) is 0 Å². The SMILES string of the molecule is CC(CCC[C@@H](C)[C@H]1CC[C@H]2[C@@H]3C(O)C[C@@H]4CC(O)CC[C@]4(C)[C@H]3CC[C@]12C)C(=O)O. The first kappa shape index (κ1) is 23.5. The number of rotatable bonds is 6. The molecule has 0 radical (unpaired) electrons. The fourth-order valence-electron chi connectivity index (χ4n) is 9.25. The van der Waals surface area contributed by atoms with E-state index in [1.54, 1.807) is 0 Å². The van der Waals surface area contributed by atoms with Crippen LogP contribution in [0.5, 0.6) is 0 Å². The Balaban J connectivity index is 1.46. The number of carboxylic acid groups (broad SMARTS) is 1. The molecular formula is C27H46O4. The smallest absolute Gasteiger partial charge is 0.306 e. The molecule has 3 N–H and O–H groups in total. The van der Waals surface area contributed by atoms with E-state index in [1.807, 2.05) is 6.92 Å². The summed E-state index contributed by atoms with van der Waals surface area (Å²) in [6, 6.07) is 0. The molecule has 0 bridgehead atoms. The molecule has 0 heterocycles. The van der Waals surface area contributed by atoms with Crippen molar-refractivity contribution in [2.45, 2.75) is 111 Å². The first-order valence-electron chi connectivity index (χ1n) is 13.2. The van der Waals surface area contributed by atoms with Gasteiger partial charge in [0.2, 0.25) is 0 Å². The maximum absolute atomic E-state index is 11.3. The summed E-state index contributed by atoms with van der Waals surface area (Å²) in [4.78, 5) is 11.1. The minimum absolute atomic E-state index is 0.170. The van der Waals surface area contributed by atoms with Crippen LogP contribution in [0.25, 0.3) is 0 Å². The predicted molar refractivity (Wildman–Crippen MR) is 122 cm³/mol. The average Bonchev–Trinajstić information content (AvgIpc) is 3.06. The van der Waals surface area contributed by atoms with E-state index in [9.17, 15) is 15.0 Å². The summed E-state index contributed by atoms with van der Waals surface area (Å²) in [5.74, 6) is 2.55. The van der Waals surface area contributed by atoms with Crippen LogP contribution >= 0.6 is 0 Å². The maximum Gasteiger partial charge on any atom is 0.306 e. The highest BCUT2D eigenvalue weighted by molar-refractivity contribution is 5.69. The standard InChI is InChI=1S/C27H46O4/c1-16(6-5-7-17(2)25(30)31)20-8-9-21-24-22(11-13-27(20,21)4)26(3)12-10-19(28)14-18(26)15-23(24)29/h16-24,28-29H,5-15H2,1-4H3,(H,30,31)/t16-,17?,18+,19?,20-,21+,22+,23?,24+,26+,27-/m1/s1. The van der Waals surface area contributed by atoms with Crippen molar-refractivity contribution >= 4 is 5.97 Å². The molecule has 4 aliphatic rings. The quantitative estimate of drug-likeness (QED) is 0.515. The maximum atomic E-state index is 11.3. The van der Waals surface area contributed by atoms with Gasteiger partial charge < -0.3 is 15.3 Å². The monoisotopic (exact) mass is 434 g/mol. The Labute approximate surface area is 189 Å². The largest absolute Gasteiger partial charge is 0.481 e. The van der Waals surface area contributed by atoms with Crippen LogP contribution in [0.3, 0.4) is 0 Å². The molecular weight excluding hydrogens is 388 g/mol. The van der Waals surface area contributed by atoms with Crippen LogP contribution < -0.4 is 0 Å². The van der Waals surface area contributed by atoms with E-state index < -0.39 is 5.97 Å². The van der Waals surface area contributed by atoms with Crippen LogP contribution in [0, 0.1) is 52.3 Å². The highest BCUT2D eigenvalue weighted by atomic mass is 16.4. The summed E-state index contributed by atoms with van der Waals surface area (Å²) in [5.41, 5.74) is 0.610. The van der Waals surface area contributed by atoms with Gasteiger partial charge in [0, 0.05) is 0 Å². The number of fused-ring (bicyclic) bond motifs is 5. The fraction of sp³-hybridized carbons (Fsp3) is 0.963. The summed E-state index contributed by atoms with van der Waals surface area (Å²) < 4.78 is 0. The van der Waals surface area contributed by atoms with E-state index >= 15 is 0 Å². The van der Waals surface area contributed by atoms with Gasteiger partial charge in [0.05, 0.1) is 18.1 Å². The van der Waals surface area contributed by atoms with Crippen molar-refractivity contribution in [2.24, 2.45) is 52.3 Å². The van der Waals surface area contributed by atoms with Gasteiger partial charge in [-0.2, -0.15) is 0 Å². The van der Waals surface area contributed by atoms with Gasteiger partial charge in [-0.1, -0.05) is 40.5 Å². The minimum atomic E-state index is -0.674. The molecule has 4 fully saturated rings. The summed E-state index contributed by atoms with van der Waals surface area (Å²) in [6.07, 6.45) is 11.4. The second kappa shape index (κ2) is 8.63. The van der Waals surface area contributed by atoms with Gasteiger partial charge in [0.1, 0.15) is 0 Å². The van der Waals surface area contributed by atoms with E-state index in [-0.39, 0.29) is 18.1 Å². The molecule has 0 amide bonds. The molecule has 4 aliphatic carbocycles. The van der Waals surface area contributed by atoms with Crippen LogP contribution in [0.4, 0.5) is 0 Å². The Morgan fingerprint density at radius 2 is 1.61 bits per heavy atom. The molecule has 31 heavy (non-hydrogen) atoms. The Hall–Kier alpha value is -0.610. The van der Waals surface area contributed by atoms with Crippen LogP contribution in [-0.4, -0.2) is 33.5 Å². The molecule has 4 saturated carbocycles. The van der Waals surface area contributed by atoms with Crippen molar-refractivity contribution < 1.29 is 20.1 Å². The molecule has 4 rings (SSSR count). The van der Waals surface area contributed by atoms with E-state index in [2.05, 4.69) is 20.8 Å². The highest BCUT2D eigenvalue weighted by Crippen LogP contribution is 2.68. The zero-order chi connectivity index (χ0) is 22.6. The van der Waals surface area contributed by atoms with E-state index in [4.69, 9.17) is 5.11 Å². The van der Waals surface area contributed by atoms with Crippen molar-refractivity contribution in [1.82, 2.24) is 0 Å². The van der Waals surface area contributed by atoms with Gasteiger partial charge >= 0.3 is 5.97 Å². The van der Waals surface area contributed by atoms with Gasteiger partial charge in [0.25, 0.3) is 0 Å². The van der Waals surface area contributed by atoms with Gasteiger partial charge in [-0.3, -0.25) is 4.79 Å². The third-order valence-corrected chi connectivity index (χ3v) is 11.1. The lowest BCUT2D eigenvalue weighted by atomic mass is 9.43. The van der Waals surface area contributed by atoms with Gasteiger partial charge in [-0.25, -0.2) is 0 Å². The lowest BCUT2D eigenvalue weighted by Gasteiger charge is -2.62. The van der Waals surface area contributed by atoms with Gasteiger partial charge in [-0.15, -0.1) is 0 Å². The normalized spacial score (nSPS) is 48.9. The van der Waals surface area contributed by atoms with Crippen molar-refractivity contribution in [3.63, 3.8) is 0 Å². The zero-order valence-electron chi connectivity index (χ0n) is 20.2. The number of hydrogen-bond acceptors (Lipinski definition) is 3. The second-order valence-corrected chi connectivity index (χ2v) is 12.6. The first-order chi connectivity index (χ1) is 14.6. The molecule has 4 heteroatoms. The van der Waals surface area contributed by atoms with E-state index in [0.29, 0.717) is 46.3 Å². The van der Waals surface area contributed by atoms with Crippen LogP contribution in [0.15, 0.2) is 0 Å². The lowest BCUT2D eigenvalue weighted by molar-refractivity contribution is -0.174. The van der Waals surface area contributed by atoms with Crippen molar-refractivity contribution in [1.29, 1.82) is 0 Å². The zero-order valence-corrected chi connectivity index (χ0v) is 20.2.